The molecule has 1 atom stereocenters. The van der Waals surface area contributed by atoms with Crippen LogP contribution in [0.25, 0.3) is 10.8 Å². The van der Waals surface area contributed by atoms with Crippen molar-refractivity contribution in [1.29, 1.82) is 0 Å². The van der Waals surface area contributed by atoms with Crippen LogP contribution in [-0.4, -0.2) is 22.8 Å². The minimum Gasteiger partial charge on any atom is -0.543 e. The molecule has 0 amide bonds. The Labute approximate surface area is 141 Å². The van der Waals surface area contributed by atoms with Crippen molar-refractivity contribution < 1.29 is 24.3 Å². The molecule has 3 rings (SSSR count). The smallest absolute Gasteiger partial charge is 0.201 e. The van der Waals surface area contributed by atoms with Crippen LogP contribution in [0, 0.1) is 6.92 Å². The Balaban J connectivity index is 2.19. The Morgan fingerprint density at radius 2 is 2.00 bits per heavy atom. The third kappa shape index (κ3) is 2.53. The monoisotopic (exact) mass is 329 g/mol. The lowest BCUT2D eigenvalue weighted by molar-refractivity contribution is -0.752. The molecule has 2 aromatic rings. The van der Waals surface area contributed by atoms with Gasteiger partial charge in [0.2, 0.25) is 5.54 Å². The lowest BCUT2D eigenvalue weighted by Gasteiger charge is -2.25. The molecule has 0 saturated carbocycles. The summed E-state index contributed by atoms with van der Waals surface area (Å²) < 4.78 is 7.73. The molecule has 0 fully saturated rings. The molecule has 24 heavy (non-hydrogen) atoms. The minimum absolute atomic E-state index is 0.318. The van der Waals surface area contributed by atoms with Gasteiger partial charge in [-0.1, -0.05) is 12.1 Å². The maximum Gasteiger partial charge on any atom is 0.201 e. The van der Waals surface area contributed by atoms with Crippen LogP contribution in [0.3, 0.4) is 0 Å². The summed E-state index contributed by atoms with van der Waals surface area (Å²) in [5, 5.41) is 23.6. The number of hydrogen-bond donors (Lipinski definition) is 1. The number of aromatic nitrogens is 1. The number of fused-ring (bicyclic) bond motifs is 3. The quantitative estimate of drug-likeness (QED) is 0.853. The molecule has 0 radical (unpaired) electrons. The summed E-state index contributed by atoms with van der Waals surface area (Å²) in [4.78, 5) is 11.5. The van der Waals surface area contributed by atoms with Crippen molar-refractivity contribution >= 4 is 16.7 Å². The third-order valence-electron chi connectivity index (χ3n) is 4.87. The second-order valence-corrected chi connectivity index (χ2v) is 7.65. The topological polar surface area (TPSA) is 73.5 Å². The zero-order valence-electron chi connectivity index (χ0n) is 14.7. The van der Waals surface area contributed by atoms with Crippen LogP contribution in [0.4, 0.5) is 0 Å². The standard InChI is InChI=1S/C19H23NO4/c1-11-8-12-6-7-13-9-15(19(4,5)23)24-16(13)14(12)10-20(11)18(2,3)17(21)22/h6-8,10,15,23H,9H2,1-5H3. The van der Waals surface area contributed by atoms with E-state index < -0.39 is 17.1 Å². The number of benzene rings is 1. The molecule has 0 bridgehead atoms. The zero-order valence-corrected chi connectivity index (χ0v) is 14.7. The van der Waals surface area contributed by atoms with Crippen molar-refractivity contribution in [3.05, 3.63) is 35.7 Å². The van der Waals surface area contributed by atoms with E-state index in [0.29, 0.717) is 6.42 Å². The predicted octanol–water partition coefficient (Wildman–Crippen LogP) is 0.995. The highest BCUT2D eigenvalue weighted by Gasteiger charge is 2.37. The zero-order chi connectivity index (χ0) is 17.9. The summed E-state index contributed by atoms with van der Waals surface area (Å²) in [6.07, 6.45) is 2.13. The van der Waals surface area contributed by atoms with Gasteiger partial charge in [-0.25, -0.2) is 0 Å². The normalized spacial score (nSPS) is 17.7. The van der Waals surface area contributed by atoms with E-state index in [4.69, 9.17) is 4.74 Å². The fourth-order valence-electron chi connectivity index (χ4n) is 3.22. The number of aliphatic hydroxyl groups is 1. The number of hydrogen-bond acceptors (Lipinski definition) is 4. The van der Waals surface area contributed by atoms with Crippen molar-refractivity contribution in [2.75, 3.05) is 0 Å². The van der Waals surface area contributed by atoms with Gasteiger partial charge in [-0.3, -0.25) is 0 Å². The molecule has 1 aromatic carbocycles. The van der Waals surface area contributed by atoms with E-state index in [1.165, 1.54) is 0 Å². The van der Waals surface area contributed by atoms with Gasteiger partial charge in [0.05, 0.1) is 11.0 Å². The number of pyridine rings is 1. The van der Waals surface area contributed by atoms with Crippen molar-refractivity contribution in [3.8, 4) is 5.75 Å². The molecular formula is C19H23NO4. The van der Waals surface area contributed by atoms with Gasteiger partial charge in [-0.15, -0.1) is 0 Å². The highest BCUT2D eigenvalue weighted by molar-refractivity contribution is 5.89. The number of carboxylic acids is 1. The molecule has 0 spiro atoms. The maximum absolute atomic E-state index is 11.5. The lowest BCUT2D eigenvalue weighted by Crippen LogP contribution is -2.63. The van der Waals surface area contributed by atoms with Crippen LogP contribution in [-0.2, 0) is 16.8 Å². The Morgan fingerprint density at radius 1 is 1.33 bits per heavy atom. The van der Waals surface area contributed by atoms with E-state index in [9.17, 15) is 15.0 Å². The van der Waals surface area contributed by atoms with Crippen LogP contribution in [0.5, 0.6) is 5.75 Å². The Hall–Kier alpha value is -2.14. The highest BCUT2D eigenvalue weighted by atomic mass is 16.5. The fourth-order valence-corrected chi connectivity index (χ4v) is 3.22. The summed E-state index contributed by atoms with van der Waals surface area (Å²) in [5.41, 5.74) is -0.268. The highest BCUT2D eigenvalue weighted by Crippen LogP contribution is 2.38. The van der Waals surface area contributed by atoms with E-state index >= 15 is 0 Å². The number of rotatable bonds is 3. The Bertz CT molecular complexity index is 833. The summed E-state index contributed by atoms with van der Waals surface area (Å²) in [6, 6.07) is 5.96. The molecule has 1 aromatic heterocycles. The molecular weight excluding hydrogens is 306 g/mol. The molecule has 1 unspecified atom stereocenters. The van der Waals surface area contributed by atoms with Gasteiger partial charge in [0.15, 0.2) is 11.9 Å². The van der Waals surface area contributed by atoms with Crippen molar-refractivity contribution in [2.45, 2.75) is 58.3 Å². The molecule has 128 valence electrons. The number of aliphatic carboxylic acids is 1. The lowest BCUT2D eigenvalue weighted by atomic mass is 9.96. The Kier molecular flexibility index (Phi) is 3.61. The van der Waals surface area contributed by atoms with Crippen LogP contribution in [0.1, 0.15) is 39.0 Å². The second-order valence-electron chi connectivity index (χ2n) is 7.65. The first-order valence-corrected chi connectivity index (χ1v) is 8.10. The molecule has 0 saturated heterocycles. The average Bonchev–Trinajstić information content (AvgIpc) is 2.90. The Morgan fingerprint density at radius 3 is 2.58 bits per heavy atom. The van der Waals surface area contributed by atoms with E-state index in [-0.39, 0.29) is 6.10 Å². The first-order chi connectivity index (χ1) is 11.0. The van der Waals surface area contributed by atoms with E-state index in [2.05, 4.69) is 0 Å². The largest absolute Gasteiger partial charge is 0.543 e. The van der Waals surface area contributed by atoms with Gasteiger partial charge in [0, 0.05) is 33.3 Å². The molecule has 0 aliphatic carbocycles. The summed E-state index contributed by atoms with van der Waals surface area (Å²) in [6.45, 7) is 8.57. The van der Waals surface area contributed by atoms with Crippen LogP contribution >= 0.6 is 0 Å². The number of aryl methyl sites for hydroxylation is 1. The summed E-state index contributed by atoms with van der Waals surface area (Å²) >= 11 is 0. The van der Waals surface area contributed by atoms with Crippen LogP contribution < -0.4 is 14.4 Å². The molecule has 5 heteroatoms. The van der Waals surface area contributed by atoms with Crippen LogP contribution in [0.15, 0.2) is 24.4 Å². The molecule has 5 nitrogen and oxygen atoms in total. The average molecular weight is 329 g/mol. The number of ether oxygens (including phenoxy) is 1. The van der Waals surface area contributed by atoms with Gasteiger partial charge in [0.1, 0.15) is 17.8 Å². The SMILES string of the molecule is Cc1cc2ccc3c(c2c[n+]1C(C)(C)C(=O)[O-])OC(C(C)(C)O)C3. The third-order valence-corrected chi connectivity index (χ3v) is 4.87. The maximum atomic E-state index is 11.5. The molecule has 1 aliphatic heterocycles. The van der Waals surface area contributed by atoms with Gasteiger partial charge in [0.25, 0.3) is 0 Å². The summed E-state index contributed by atoms with van der Waals surface area (Å²) in [7, 11) is 0. The van der Waals surface area contributed by atoms with E-state index in [1.54, 1.807) is 32.3 Å². The first kappa shape index (κ1) is 16.7. The molecule has 2 heterocycles. The van der Waals surface area contributed by atoms with Crippen molar-refractivity contribution in [3.63, 3.8) is 0 Å². The van der Waals surface area contributed by atoms with Crippen molar-refractivity contribution in [2.24, 2.45) is 0 Å². The fraction of sp³-hybridized carbons (Fsp3) is 0.474. The van der Waals surface area contributed by atoms with Gasteiger partial charge in [-0.2, -0.15) is 4.57 Å². The molecule has 1 aliphatic rings. The number of nitrogens with zero attached hydrogens (tertiary/aromatic N) is 1. The van der Waals surface area contributed by atoms with E-state index in [1.807, 2.05) is 31.3 Å². The first-order valence-electron chi connectivity index (χ1n) is 8.10. The van der Waals surface area contributed by atoms with Gasteiger partial charge in [-0.05, 0) is 24.8 Å². The number of carboxylic acid groups (broad SMARTS) is 1. The van der Waals surface area contributed by atoms with Gasteiger partial charge < -0.3 is 19.7 Å². The number of carbonyl (C=O) groups is 1. The molecule has 1 N–H and O–H groups in total. The van der Waals surface area contributed by atoms with Crippen molar-refractivity contribution in [1.82, 2.24) is 0 Å². The predicted molar refractivity (Wildman–Crippen MR) is 87.6 cm³/mol. The summed E-state index contributed by atoms with van der Waals surface area (Å²) in [5.74, 6) is -0.416. The van der Waals surface area contributed by atoms with E-state index in [0.717, 1.165) is 27.8 Å². The number of carbonyl (C=O) groups excluding carboxylic acids is 1. The van der Waals surface area contributed by atoms with Gasteiger partial charge >= 0.3 is 0 Å². The second kappa shape index (κ2) is 5.18. The van der Waals surface area contributed by atoms with Crippen LogP contribution in [0.2, 0.25) is 0 Å². The minimum atomic E-state index is -1.17.